The zero-order valence-corrected chi connectivity index (χ0v) is 7.85. The number of aryl methyl sites for hydroxylation is 1. The van der Waals surface area contributed by atoms with Crippen LogP contribution >= 0.6 is 0 Å². The number of alkyl halides is 2. The van der Waals surface area contributed by atoms with Crippen LogP contribution in [-0.4, -0.2) is 16.5 Å². The van der Waals surface area contributed by atoms with Crippen molar-refractivity contribution in [1.82, 2.24) is 0 Å². The van der Waals surface area contributed by atoms with Gasteiger partial charge in [0.2, 0.25) is 0 Å². The Morgan fingerprint density at radius 3 is 2.53 bits per heavy atom. The maximum absolute atomic E-state index is 12.1. The van der Waals surface area contributed by atoms with Crippen LogP contribution in [0.1, 0.15) is 17.2 Å². The molecule has 0 saturated heterocycles. The average molecular weight is 217 g/mol. The van der Waals surface area contributed by atoms with E-state index in [4.69, 9.17) is 5.11 Å². The highest BCUT2D eigenvalue weighted by molar-refractivity contribution is 5.43. The molecule has 82 valence electrons. The van der Waals surface area contributed by atoms with E-state index in [0.29, 0.717) is 5.56 Å². The van der Waals surface area contributed by atoms with E-state index in [2.05, 4.69) is 0 Å². The summed E-state index contributed by atoms with van der Waals surface area (Å²) in [6, 6.07) is 3.55. The van der Waals surface area contributed by atoms with Crippen LogP contribution in [0, 0.1) is 17.0 Å². The third-order valence-corrected chi connectivity index (χ3v) is 2.01. The molecule has 6 heteroatoms. The van der Waals surface area contributed by atoms with Crippen LogP contribution in [0.4, 0.5) is 14.5 Å². The Kier molecular flexibility index (Phi) is 3.31. The zero-order valence-electron chi connectivity index (χ0n) is 7.85. The van der Waals surface area contributed by atoms with Crippen LogP contribution in [0.3, 0.4) is 0 Å². The number of hydrogen-bond acceptors (Lipinski definition) is 3. The monoisotopic (exact) mass is 217 g/mol. The molecule has 0 aliphatic heterocycles. The second kappa shape index (κ2) is 4.31. The number of rotatable bonds is 3. The van der Waals surface area contributed by atoms with Gasteiger partial charge >= 0.3 is 0 Å². The summed E-state index contributed by atoms with van der Waals surface area (Å²) >= 11 is 0. The Morgan fingerprint density at radius 1 is 1.47 bits per heavy atom. The summed E-state index contributed by atoms with van der Waals surface area (Å²) in [6.07, 6.45) is -4.93. The molecule has 0 radical (unpaired) electrons. The summed E-state index contributed by atoms with van der Waals surface area (Å²) in [6.45, 7) is 1.50. The van der Waals surface area contributed by atoms with Crippen LogP contribution in [-0.2, 0) is 0 Å². The molecule has 0 aliphatic rings. The molecule has 1 N–H and O–H groups in total. The summed E-state index contributed by atoms with van der Waals surface area (Å²) in [7, 11) is 0. The lowest BCUT2D eigenvalue weighted by Gasteiger charge is -2.09. The van der Waals surface area contributed by atoms with Crippen molar-refractivity contribution in [3.63, 3.8) is 0 Å². The molecule has 0 fully saturated rings. The molecular formula is C9H9F2NO3. The fraction of sp³-hybridized carbons (Fsp3) is 0.333. The lowest BCUT2D eigenvalue weighted by molar-refractivity contribution is -0.385. The van der Waals surface area contributed by atoms with Crippen LogP contribution in [0.2, 0.25) is 0 Å². The largest absolute Gasteiger partial charge is 0.382 e. The predicted octanol–water partition coefficient (Wildman–Crippen LogP) is 2.20. The Hall–Kier alpha value is -1.56. The minimum atomic E-state index is -2.95. The van der Waals surface area contributed by atoms with Gasteiger partial charge in [-0.25, -0.2) is 8.78 Å². The van der Waals surface area contributed by atoms with Crippen molar-refractivity contribution in [2.75, 3.05) is 0 Å². The summed E-state index contributed by atoms with van der Waals surface area (Å²) in [5, 5.41) is 19.5. The van der Waals surface area contributed by atoms with Gasteiger partial charge in [-0.15, -0.1) is 0 Å². The molecule has 1 aromatic carbocycles. The first-order chi connectivity index (χ1) is 6.93. The first-order valence-electron chi connectivity index (χ1n) is 4.14. The van der Waals surface area contributed by atoms with Gasteiger partial charge in [0.05, 0.1) is 4.92 Å². The molecular weight excluding hydrogens is 208 g/mol. The minimum absolute atomic E-state index is 0.151. The Balaban J connectivity index is 3.13. The van der Waals surface area contributed by atoms with Crippen molar-refractivity contribution < 1.29 is 18.8 Å². The highest BCUT2D eigenvalue weighted by Crippen LogP contribution is 2.26. The van der Waals surface area contributed by atoms with E-state index < -0.39 is 17.5 Å². The minimum Gasteiger partial charge on any atom is -0.382 e. The van der Waals surface area contributed by atoms with Gasteiger partial charge in [0, 0.05) is 11.6 Å². The van der Waals surface area contributed by atoms with Crippen LogP contribution < -0.4 is 0 Å². The zero-order chi connectivity index (χ0) is 11.6. The number of aliphatic hydroxyl groups excluding tert-OH is 1. The van der Waals surface area contributed by atoms with Gasteiger partial charge in [0.15, 0.2) is 0 Å². The number of hydrogen-bond donors (Lipinski definition) is 1. The second-order valence-corrected chi connectivity index (χ2v) is 3.08. The maximum Gasteiger partial charge on any atom is 0.272 e. The fourth-order valence-electron chi connectivity index (χ4n) is 1.15. The van der Waals surface area contributed by atoms with Gasteiger partial charge in [-0.1, -0.05) is 12.1 Å². The Morgan fingerprint density at radius 2 is 2.07 bits per heavy atom. The third kappa shape index (κ3) is 2.47. The second-order valence-electron chi connectivity index (χ2n) is 3.08. The SMILES string of the molecule is Cc1ccc(C(O)C(F)F)cc1[N+](=O)[O-]. The van der Waals surface area contributed by atoms with Crippen molar-refractivity contribution >= 4 is 5.69 Å². The number of benzene rings is 1. The molecule has 0 amide bonds. The van der Waals surface area contributed by atoms with E-state index in [1.54, 1.807) is 0 Å². The first kappa shape index (κ1) is 11.5. The molecule has 1 rings (SSSR count). The Labute approximate surface area is 84.3 Å². The van der Waals surface area contributed by atoms with Gasteiger partial charge < -0.3 is 5.11 Å². The third-order valence-electron chi connectivity index (χ3n) is 2.01. The summed E-state index contributed by atoms with van der Waals surface area (Å²) in [5.41, 5.74) is -0.0558. The van der Waals surface area contributed by atoms with Crippen molar-refractivity contribution in [2.45, 2.75) is 19.5 Å². The van der Waals surface area contributed by atoms with Gasteiger partial charge in [0.25, 0.3) is 12.1 Å². The maximum atomic E-state index is 12.1. The number of halogens is 2. The summed E-state index contributed by atoms with van der Waals surface area (Å²) in [5.74, 6) is 0. The molecule has 0 aliphatic carbocycles. The molecule has 15 heavy (non-hydrogen) atoms. The van der Waals surface area contributed by atoms with Crippen LogP contribution in [0.25, 0.3) is 0 Å². The standard InChI is InChI=1S/C9H9F2NO3/c1-5-2-3-6(8(13)9(10)11)4-7(5)12(14)15/h2-4,8-9,13H,1H3. The van der Waals surface area contributed by atoms with Crippen molar-refractivity contribution in [3.8, 4) is 0 Å². The van der Waals surface area contributed by atoms with Crippen molar-refractivity contribution in [3.05, 3.63) is 39.4 Å². The Bertz CT molecular complexity index is 382. The molecule has 1 aromatic rings. The van der Waals surface area contributed by atoms with E-state index >= 15 is 0 Å². The van der Waals surface area contributed by atoms with E-state index in [-0.39, 0.29) is 11.3 Å². The molecule has 0 spiro atoms. The molecule has 4 nitrogen and oxygen atoms in total. The van der Waals surface area contributed by atoms with Gasteiger partial charge in [-0.3, -0.25) is 10.1 Å². The summed E-state index contributed by atoms with van der Waals surface area (Å²) < 4.78 is 24.3. The number of nitrogens with zero attached hydrogens (tertiary/aromatic N) is 1. The lowest BCUT2D eigenvalue weighted by atomic mass is 10.1. The molecule has 1 unspecified atom stereocenters. The van der Waals surface area contributed by atoms with Crippen molar-refractivity contribution in [1.29, 1.82) is 0 Å². The molecule has 1 atom stereocenters. The highest BCUT2D eigenvalue weighted by atomic mass is 19.3. The first-order valence-corrected chi connectivity index (χ1v) is 4.14. The molecule has 0 bridgehead atoms. The van der Waals surface area contributed by atoms with E-state index in [0.717, 1.165) is 6.07 Å². The van der Waals surface area contributed by atoms with Crippen molar-refractivity contribution in [2.24, 2.45) is 0 Å². The summed E-state index contributed by atoms with van der Waals surface area (Å²) in [4.78, 5) is 9.83. The van der Waals surface area contributed by atoms with Gasteiger partial charge in [0.1, 0.15) is 6.10 Å². The van der Waals surface area contributed by atoms with E-state index in [1.807, 2.05) is 0 Å². The normalized spacial score (nSPS) is 12.9. The lowest BCUT2D eigenvalue weighted by Crippen LogP contribution is -2.08. The number of nitro groups is 1. The number of nitro benzene ring substituents is 1. The van der Waals surface area contributed by atoms with Gasteiger partial charge in [-0.05, 0) is 12.5 Å². The topological polar surface area (TPSA) is 63.4 Å². The fourth-order valence-corrected chi connectivity index (χ4v) is 1.15. The molecule has 0 saturated carbocycles. The van der Waals surface area contributed by atoms with E-state index in [1.165, 1.54) is 19.1 Å². The molecule has 0 heterocycles. The van der Waals surface area contributed by atoms with Crippen LogP contribution in [0.15, 0.2) is 18.2 Å². The number of aliphatic hydroxyl groups is 1. The molecule has 0 aromatic heterocycles. The van der Waals surface area contributed by atoms with Gasteiger partial charge in [-0.2, -0.15) is 0 Å². The smallest absolute Gasteiger partial charge is 0.272 e. The average Bonchev–Trinajstić information content (AvgIpc) is 2.16. The van der Waals surface area contributed by atoms with Crippen LogP contribution in [0.5, 0.6) is 0 Å². The van der Waals surface area contributed by atoms with E-state index in [9.17, 15) is 18.9 Å². The predicted molar refractivity (Wildman–Crippen MR) is 48.8 cm³/mol. The quantitative estimate of drug-likeness (QED) is 0.623. The highest BCUT2D eigenvalue weighted by Gasteiger charge is 2.22.